The van der Waals surface area contributed by atoms with E-state index in [1.54, 1.807) is 7.05 Å². The molecule has 5 heteroatoms. The Morgan fingerprint density at radius 2 is 1.94 bits per heavy atom. The number of sulfonamides is 1. The lowest BCUT2D eigenvalue weighted by Crippen LogP contribution is -2.43. The van der Waals surface area contributed by atoms with Gasteiger partial charge in [0, 0.05) is 19.0 Å². The Morgan fingerprint density at radius 1 is 1.33 bits per heavy atom. The Morgan fingerprint density at radius 3 is 2.39 bits per heavy atom. The monoisotopic (exact) mass is 268 g/mol. The molecule has 0 radical (unpaired) electrons. The Hall–Kier alpha value is -1.07. The van der Waals surface area contributed by atoms with Gasteiger partial charge in [0.2, 0.25) is 10.0 Å². The zero-order valence-corrected chi connectivity index (χ0v) is 11.7. The molecule has 0 atom stereocenters. The van der Waals surface area contributed by atoms with E-state index in [2.05, 4.69) is 0 Å². The van der Waals surface area contributed by atoms with Crippen molar-refractivity contribution in [2.24, 2.45) is 5.73 Å². The molecule has 1 aliphatic carbocycles. The van der Waals surface area contributed by atoms with Crippen LogP contribution in [-0.2, 0) is 15.4 Å². The zero-order chi connectivity index (χ0) is 13.4. The minimum Gasteiger partial charge on any atom is -0.330 e. The van der Waals surface area contributed by atoms with Crippen LogP contribution in [0.2, 0.25) is 0 Å². The molecule has 0 spiro atoms. The van der Waals surface area contributed by atoms with Gasteiger partial charge in [-0.1, -0.05) is 24.6 Å². The Bertz CT molecular complexity index is 530. The molecule has 100 valence electrons. The van der Waals surface area contributed by atoms with Crippen LogP contribution in [0.4, 0.5) is 5.69 Å². The molecule has 1 saturated carbocycles. The van der Waals surface area contributed by atoms with Gasteiger partial charge in [-0.05, 0) is 24.5 Å². The highest BCUT2D eigenvalue weighted by atomic mass is 32.2. The van der Waals surface area contributed by atoms with Crippen molar-refractivity contribution >= 4 is 15.7 Å². The Labute approximate surface area is 109 Å². The van der Waals surface area contributed by atoms with Crippen molar-refractivity contribution in [1.82, 2.24) is 0 Å². The second kappa shape index (κ2) is 4.55. The van der Waals surface area contributed by atoms with Gasteiger partial charge in [-0.15, -0.1) is 0 Å². The molecule has 0 amide bonds. The van der Waals surface area contributed by atoms with Crippen LogP contribution in [0.3, 0.4) is 0 Å². The van der Waals surface area contributed by atoms with E-state index in [0.717, 1.165) is 30.5 Å². The minimum absolute atomic E-state index is 0.0322. The predicted octanol–water partition coefficient (Wildman–Crippen LogP) is 1.46. The van der Waals surface area contributed by atoms with E-state index in [0.29, 0.717) is 6.54 Å². The third-order valence-electron chi connectivity index (χ3n) is 4.01. The summed E-state index contributed by atoms with van der Waals surface area (Å²) in [7, 11) is -1.64. The average molecular weight is 268 g/mol. The summed E-state index contributed by atoms with van der Waals surface area (Å²) >= 11 is 0. The highest BCUT2D eigenvalue weighted by Gasteiger charge is 2.39. The molecule has 1 aliphatic rings. The van der Waals surface area contributed by atoms with E-state index >= 15 is 0 Å². The first-order valence-corrected chi connectivity index (χ1v) is 7.99. The van der Waals surface area contributed by atoms with Gasteiger partial charge >= 0.3 is 0 Å². The molecule has 0 unspecified atom stereocenters. The highest BCUT2D eigenvalue weighted by molar-refractivity contribution is 7.92. The van der Waals surface area contributed by atoms with Gasteiger partial charge in [0.15, 0.2) is 0 Å². The van der Waals surface area contributed by atoms with Crippen molar-refractivity contribution in [2.75, 3.05) is 24.2 Å². The predicted molar refractivity (Wildman–Crippen MR) is 74.3 cm³/mol. The minimum atomic E-state index is -3.24. The van der Waals surface area contributed by atoms with Crippen LogP contribution < -0.4 is 10.0 Å². The van der Waals surface area contributed by atoms with E-state index in [-0.39, 0.29) is 5.41 Å². The first kappa shape index (κ1) is 13.4. The lowest BCUT2D eigenvalue weighted by atomic mass is 9.64. The first-order valence-electron chi connectivity index (χ1n) is 6.14. The SMILES string of the molecule is CN(c1ccccc1C1(CN)CCC1)S(C)(=O)=O. The fraction of sp³-hybridized carbons (Fsp3) is 0.538. The maximum atomic E-state index is 11.7. The van der Waals surface area contributed by atoms with Crippen molar-refractivity contribution < 1.29 is 8.42 Å². The molecule has 0 aliphatic heterocycles. The molecule has 0 heterocycles. The second-order valence-electron chi connectivity index (χ2n) is 5.09. The molecule has 2 rings (SSSR count). The molecule has 18 heavy (non-hydrogen) atoms. The smallest absolute Gasteiger partial charge is 0.232 e. The summed E-state index contributed by atoms with van der Waals surface area (Å²) in [5.41, 5.74) is 7.70. The van der Waals surface area contributed by atoms with Gasteiger partial charge < -0.3 is 5.73 Å². The third-order valence-corrected chi connectivity index (χ3v) is 5.21. The number of nitrogens with two attached hydrogens (primary N) is 1. The maximum Gasteiger partial charge on any atom is 0.232 e. The first-order chi connectivity index (χ1) is 8.41. The van der Waals surface area contributed by atoms with E-state index in [4.69, 9.17) is 5.73 Å². The molecular formula is C13H20N2O2S. The van der Waals surface area contributed by atoms with E-state index in [9.17, 15) is 8.42 Å². The van der Waals surface area contributed by atoms with Gasteiger partial charge in [-0.2, -0.15) is 0 Å². The Balaban J connectivity index is 2.50. The van der Waals surface area contributed by atoms with Crippen LogP contribution in [0.25, 0.3) is 0 Å². The number of hydrogen-bond acceptors (Lipinski definition) is 3. The molecule has 4 nitrogen and oxygen atoms in total. The molecule has 1 fully saturated rings. The average Bonchev–Trinajstić information content (AvgIpc) is 2.27. The fourth-order valence-corrected chi connectivity index (χ4v) is 3.08. The fourth-order valence-electron chi connectivity index (χ4n) is 2.56. The molecule has 0 aromatic heterocycles. The van der Waals surface area contributed by atoms with E-state index in [1.807, 2.05) is 24.3 Å². The van der Waals surface area contributed by atoms with Crippen molar-refractivity contribution in [3.8, 4) is 0 Å². The number of anilines is 1. The summed E-state index contributed by atoms with van der Waals surface area (Å²) in [6.45, 7) is 0.571. The number of hydrogen-bond donors (Lipinski definition) is 1. The van der Waals surface area contributed by atoms with Crippen molar-refractivity contribution in [1.29, 1.82) is 0 Å². The van der Waals surface area contributed by atoms with E-state index < -0.39 is 10.0 Å². The van der Waals surface area contributed by atoms with E-state index in [1.165, 1.54) is 10.6 Å². The number of para-hydroxylation sites is 1. The van der Waals surface area contributed by atoms with Crippen LogP contribution in [0.15, 0.2) is 24.3 Å². The van der Waals surface area contributed by atoms with Crippen LogP contribution in [0.5, 0.6) is 0 Å². The molecule has 1 aromatic carbocycles. The number of rotatable bonds is 4. The maximum absolute atomic E-state index is 11.7. The summed E-state index contributed by atoms with van der Waals surface area (Å²) in [6, 6.07) is 7.67. The van der Waals surface area contributed by atoms with Crippen LogP contribution in [0.1, 0.15) is 24.8 Å². The van der Waals surface area contributed by atoms with Gasteiger partial charge in [-0.25, -0.2) is 8.42 Å². The molecule has 1 aromatic rings. The third kappa shape index (κ3) is 2.12. The number of benzene rings is 1. The normalized spacial score (nSPS) is 18.2. The van der Waals surface area contributed by atoms with Gasteiger partial charge in [0.05, 0.1) is 11.9 Å². The largest absolute Gasteiger partial charge is 0.330 e. The van der Waals surface area contributed by atoms with Crippen LogP contribution in [0, 0.1) is 0 Å². The number of nitrogens with zero attached hydrogens (tertiary/aromatic N) is 1. The van der Waals surface area contributed by atoms with Crippen molar-refractivity contribution in [3.63, 3.8) is 0 Å². The zero-order valence-electron chi connectivity index (χ0n) is 10.9. The lowest BCUT2D eigenvalue weighted by Gasteiger charge is -2.43. The van der Waals surface area contributed by atoms with Gasteiger partial charge in [0.25, 0.3) is 0 Å². The van der Waals surface area contributed by atoms with Crippen LogP contribution >= 0.6 is 0 Å². The molecular weight excluding hydrogens is 248 g/mol. The molecule has 0 bridgehead atoms. The van der Waals surface area contributed by atoms with Gasteiger partial charge in [0.1, 0.15) is 0 Å². The van der Waals surface area contributed by atoms with Crippen LogP contribution in [-0.4, -0.2) is 28.3 Å². The molecule has 0 saturated heterocycles. The summed E-state index contributed by atoms with van der Waals surface area (Å²) in [6.07, 6.45) is 4.46. The molecule has 2 N–H and O–H groups in total. The van der Waals surface area contributed by atoms with Gasteiger partial charge in [-0.3, -0.25) is 4.31 Å². The standard InChI is InChI=1S/C13H20N2O2S/c1-15(18(2,16)17)12-7-4-3-6-11(12)13(10-14)8-5-9-13/h3-4,6-7H,5,8-10,14H2,1-2H3. The summed E-state index contributed by atoms with van der Waals surface area (Å²) < 4.78 is 24.7. The summed E-state index contributed by atoms with van der Waals surface area (Å²) in [5.74, 6) is 0. The van der Waals surface area contributed by atoms with Crippen molar-refractivity contribution in [3.05, 3.63) is 29.8 Å². The van der Waals surface area contributed by atoms with Crippen molar-refractivity contribution in [2.45, 2.75) is 24.7 Å². The highest BCUT2D eigenvalue weighted by Crippen LogP contribution is 2.46. The Kier molecular flexibility index (Phi) is 3.38. The lowest BCUT2D eigenvalue weighted by molar-refractivity contribution is 0.254. The quantitative estimate of drug-likeness (QED) is 0.899. The topological polar surface area (TPSA) is 63.4 Å². The summed E-state index contributed by atoms with van der Waals surface area (Å²) in [4.78, 5) is 0. The second-order valence-corrected chi connectivity index (χ2v) is 7.10. The summed E-state index contributed by atoms with van der Waals surface area (Å²) in [5, 5.41) is 0.